The van der Waals surface area contributed by atoms with E-state index in [1.165, 1.54) is 110 Å². The second-order valence-electron chi connectivity index (χ2n) is 34.7. The number of hydrogen-bond acceptors (Lipinski definition) is 22. The first-order valence-electron chi connectivity index (χ1n) is 43.2. The molecule has 0 saturated heterocycles. The Morgan fingerprint density at radius 3 is 1.47 bits per heavy atom. The second kappa shape index (κ2) is 52.6. The van der Waals surface area contributed by atoms with Crippen LogP contribution >= 0.6 is 54.9 Å². The summed E-state index contributed by atoms with van der Waals surface area (Å²) in [5, 5.41) is 31.6. The van der Waals surface area contributed by atoms with E-state index in [1.807, 2.05) is 118 Å². The van der Waals surface area contributed by atoms with Gasteiger partial charge in [-0.2, -0.15) is 0 Å². The van der Waals surface area contributed by atoms with Crippen LogP contribution in [0.1, 0.15) is 163 Å². The van der Waals surface area contributed by atoms with E-state index in [2.05, 4.69) is 49.1 Å². The number of esters is 1. The van der Waals surface area contributed by atoms with Gasteiger partial charge in [0.1, 0.15) is 79.7 Å². The Balaban J connectivity index is 1.29. The number of alkyl carbamates (subject to hydrolysis) is 2. The van der Waals surface area contributed by atoms with E-state index in [0.717, 1.165) is 48.7 Å². The van der Waals surface area contributed by atoms with Crippen LogP contribution in [-0.4, -0.2) is 248 Å². The van der Waals surface area contributed by atoms with Crippen molar-refractivity contribution in [3.8, 4) is 11.1 Å². The van der Waals surface area contributed by atoms with Crippen LogP contribution in [0.5, 0.6) is 0 Å². The quantitative estimate of drug-likeness (QED) is 0.00436. The van der Waals surface area contributed by atoms with Crippen LogP contribution in [0.3, 0.4) is 0 Å². The third-order valence-corrected chi connectivity index (χ3v) is 29.3. The van der Waals surface area contributed by atoms with E-state index in [4.69, 9.17) is 14.2 Å². The Hall–Kier alpha value is -10.2. The van der Waals surface area contributed by atoms with Gasteiger partial charge < -0.3 is 81.5 Å². The van der Waals surface area contributed by atoms with Gasteiger partial charge >= 0.3 is 24.1 Å². The monoisotopic (exact) mass is 1870 g/mol. The number of carbonyl (C=O) groups is 14. The lowest BCUT2D eigenvalue weighted by atomic mass is 9.98. The van der Waals surface area contributed by atoms with Crippen LogP contribution in [0, 0.1) is 11.8 Å². The van der Waals surface area contributed by atoms with Gasteiger partial charge in [-0.15, -0.1) is 0 Å². The van der Waals surface area contributed by atoms with Gasteiger partial charge in [0.2, 0.25) is 58.6 Å². The molecule has 30 nitrogen and oxygen atoms in total. The zero-order chi connectivity index (χ0) is 95.6. The standard InChI is InChI=1S/C94H130N12O18S5/c1-20-48-122-91(120)102-75(55-126-128-93(10,11)12)79(108)95-47-35-34-46-71(80(109)100-73(49-57(2)3)86(115)104(17)62(9)85(114)105(18)76(50-58(4)5)82(111)96-59(6)84(113)106(19)77(53-65-40-28-23-29-41-65)87(116)103(16)61(8)78(107)97-60(7)88(117)118)98-81(110)72(51-63-36-24-21-25-37-63)99-83(112)90(125-56-127-129-94(13,14)15)124-89(119)74(52-64-38-26-22-27-39-64)101-92(121)123-54-70-68-44-32-30-42-66(68)67-43-31-33-45-69(67)70/h20-33,36-45,57-62,70-77,90H,1,34-35,46-56H2,2-19H3,(H,95,108)(H,96,111)(H,97,107)(H,98,110)(H,99,112)(H,100,109)(H,101,121)(H,102,120)(H,117,118)/t59-,60-,61-,62-,71-,72-,73-,74-,75-,76?,77-,90?/m0/s1. The summed E-state index contributed by atoms with van der Waals surface area (Å²) >= 11 is 0.965. The van der Waals surface area contributed by atoms with E-state index in [-0.39, 0.29) is 109 Å². The largest absolute Gasteiger partial charge is 0.480 e. The molecular formula is C94H130N12O18S5. The minimum Gasteiger partial charge on any atom is -0.480 e. The van der Waals surface area contributed by atoms with Gasteiger partial charge in [0.05, 0.1) is 5.08 Å². The van der Waals surface area contributed by atoms with Crippen LogP contribution in [0.15, 0.2) is 152 Å². The highest BCUT2D eigenvalue weighted by molar-refractivity contribution is 8.78. The maximum atomic E-state index is 15.5. The number of thioether (sulfide) groups is 1. The number of carboxylic acids is 1. The normalized spacial score (nSPS) is 14.6. The van der Waals surface area contributed by atoms with Crippen molar-refractivity contribution in [3.05, 3.63) is 180 Å². The molecule has 12 amide bonds. The molecule has 5 aromatic carbocycles. The second-order valence-corrected chi connectivity index (χ2v) is 42.4. The number of rotatable bonds is 50. The fraction of sp³-hybridized carbons (Fsp3) is 0.511. The number of carbonyl (C=O) groups excluding carboxylic acids is 13. The molecule has 1 aliphatic rings. The Morgan fingerprint density at radius 1 is 0.450 bits per heavy atom. The molecular weight excluding hydrogens is 1750 g/mol. The number of hydrogen-bond donors (Lipinski definition) is 9. The third-order valence-electron chi connectivity index (χ3n) is 21.0. The highest BCUT2D eigenvalue weighted by Gasteiger charge is 2.42. The summed E-state index contributed by atoms with van der Waals surface area (Å²) in [6, 6.07) is 27.7. The molecule has 12 atom stereocenters. The van der Waals surface area contributed by atoms with Crippen molar-refractivity contribution >= 4 is 138 Å². The number of unbranched alkanes of at least 4 members (excludes halogenated alkanes) is 1. The number of likely N-dealkylation sites (N-methyl/N-ethyl adjacent to an activating group) is 4. The van der Waals surface area contributed by atoms with Crippen molar-refractivity contribution < 1.29 is 86.4 Å². The molecule has 9 N–H and O–H groups in total. The summed E-state index contributed by atoms with van der Waals surface area (Å²) in [5.41, 5.74) is 4.18. The summed E-state index contributed by atoms with van der Waals surface area (Å²) < 4.78 is 16.9. The Kier molecular flexibility index (Phi) is 43.8. The van der Waals surface area contributed by atoms with Crippen LogP contribution in [-0.2, 0) is 91.0 Å². The summed E-state index contributed by atoms with van der Waals surface area (Å²) in [6.45, 7) is 28.3. The summed E-state index contributed by atoms with van der Waals surface area (Å²) in [4.78, 5) is 205. The zero-order valence-corrected chi connectivity index (χ0v) is 81.2. The fourth-order valence-corrected chi connectivity index (χ4v) is 20.0. The lowest BCUT2D eigenvalue weighted by Crippen LogP contribution is -2.60. The van der Waals surface area contributed by atoms with E-state index in [1.54, 1.807) is 91.0 Å². The molecule has 129 heavy (non-hydrogen) atoms. The molecule has 704 valence electrons. The minimum absolute atomic E-state index is 0.00106. The van der Waals surface area contributed by atoms with Crippen molar-refractivity contribution in [2.45, 2.75) is 236 Å². The van der Waals surface area contributed by atoms with Crippen LogP contribution in [0.4, 0.5) is 9.59 Å². The van der Waals surface area contributed by atoms with Gasteiger partial charge in [-0.25, -0.2) is 14.4 Å². The molecule has 6 rings (SSSR count). The van der Waals surface area contributed by atoms with Gasteiger partial charge in [-0.3, -0.25) is 52.7 Å². The van der Waals surface area contributed by atoms with E-state index in [9.17, 15) is 53.1 Å². The smallest absolute Gasteiger partial charge is 0.408 e. The van der Waals surface area contributed by atoms with Crippen LogP contribution < -0.4 is 42.5 Å². The van der Waals surface area contributed by atoms with E-state index >= 15 is 19.2 Å². The number of carboxylic acid groups (broad SMARTS) is 1. The molecule has 2 unspecified atom stereocenters. The first kappa shape index (κ1) is 108. The molecule has 0 aliphatic heterocycles. The predicted molar refractivity (Wildman–Crippen MR) is 510 cm³/mol. The Morgan fingerprint density at radius 2 is 0.922 bits per heavy atom. The lowest BCUT2D eigenvalue weighted by molar-refractivity contribution is -0.153. The van der Waals surface area contributed by atoms with Crippen LogP contribution in [0.2, 0.25) is 0 Å². The summed E-state index contributed by atoms with van der Waals surface area (Å²) in [5.74, 6) is -10.4. The van der Waals surface area contributed by atoms with Gasteiger partial charge in [0.15, 0.2) is 0 Å². The number of nitrogens with one attached hydrogen (secondary N) is 8. The van der Waals surface area contributed by atoms with Crippen molar-refractivity contribution in [3.63, 3.8) is 0 Å². The fourth-order valence-electron chi connectivity index (χ4n) is 13.9. The maximum absolute atomic E-state index is 15.5. The van der Waals surface area contributed by atoms with Crippen molar-refractivity contribution in [1.82, 2.24) is 62.1 Å². The van der Waals surface area contributed by atoms with E-state index < -0.39 is 155 Å². The number of nitrogens with zero attached hydrogens (tertiary/aromatic N) is 4. The average Bonchev–Trinajstić information content (AvgIpc) is 1.62. The first-order valence-corrected chi connectivity index (χ1v) is 48.9. The molecule has 0 saturated carbocycles. The van der Waals surface area contributed by atoms with E-state index in [0.29, 0.717) is 16.7 Å². The molecule has 0 radical (unpaired) electrons. The van der Waals surface area contributed by atoms with Crippen molar-refractivity contribution in [2.75, 3.05) is 58.8 Å². The maximum Gasteiger partial charge on any atom is 0.408 e. The highest BCUT2D eigenvalue weighted by Crippen LogP contribution is 2.45. The molecule has 5 aromatic rings. The topological polar surface area (TPSA) is 396 Å². The number of amides is 12. The summed E-state index contributed by atoms with van der Waals surface area (Å²) in [7, 11) is 11.3. The minimum atomic E-state index is -1.66. The van der Waals surface area contributed by atoms with Gasteiger partial charge in [-0.05, 0) is 111 Å². The molecule has 0 fully saturated rings. The lowest BCUT2D eigenvalue weighted by Gasteiger charge is -2.36. The molecule has 0 spiro atoms. The molecule has 0 heterocycles. The predicted octanol–water partition coefficient (Wildman–Crippen LogP) is 11.1. The van der Waals surface area contributed by atoms with Gasteiger partial charge in [0, 0.05) is 75.2 Å². The van der Waals surface area contributed by atoms with Gasteiger partial charge in [-0.1, -0.05) is 276 Å². The first-order chi connectivity index (χ1) is 60.9. The number of benzene rings is 5. The zero-order valence-electron chi connectivity index (χ0n) is 77.1. The third kappa shape index (κ3) is 35.2. The molecule has 0 bridgehead atoms. The molecule has 0 aromatic heterocycles. The molecule has 1 aliphatic carbocycles. The van der Waals surface area contributed by atoms with Gasteiger partial charge in [0.25, 0.3) is 5.91 Å². The summed E-state index contributed by atoms with van der Waals surface area (Å²) in [6.07, 6.45) is -0.366. The highest BCUT2D eigenvalue weighted by atomic mass is 33.1. The number of fused-ring (bicyclic) bond motifs is 3. The Bertz CT molecular complexity index is 4560. The molecule has 35 heteroatoms. The number of aliphatic carboxylic acids is 1. The van der Waals surface area contributed by atoms with Crippen molar-refractivity contribution in [1.29, 1.82) is 0 Å². The SMILES string of the molecule is C=CCOC(=O)N[C@@H](CSSC(C)(C)C)C(=O)NCCCC[C@H](NC(=O)[C@H](Cc1ccccc1)NC(=O)C(OC(=O)[C@H](Cc1ccccc1)NC(=O)OCC1c2ccccc2-c2ccccc21)SCSSC(C)(C)C)C(=O)N[C@@H](CC(C)C)C(=O)N(C)[C@@H](C)C(=O)N(C)C(CC(C)C)C(=O)N[C@@H](C)C(=O)N(C)[C@@H](Cc1ccccc1)C(=O)N(C)[C@@H](C)C(=O)N[C@@H](C)C(=O)O. The van der Waals surface area contributed by atoms with Crippen molar-refractivity contribution in [2.24, 2.45) is 11.8 Å². The number of ether oxygens (including phenoxy) is 3. The van der Waals surface area contributed by atoms with Crippen LogP contribution in [0.25, 0.3) is 11.1 Å². The average molecular weight is 1880 g/mol. The Labute approximate surface area is 779 Å².